The summed E-state index contributed by atoms with van der Waals surface area (Å²) in [5, 5.41) is 21.1. The molecule has 0 aliphatic carbocycles. The first-order valence-electron chi connectivity index (χ1n) is 5.82. The Morgan fingerprint density at radius 3 is 2.62 bits per heavy atom. The zero-order valence-corrected chi connectivity index (χ0v) is 10.7. The number of aromatic nitrogens is 1. The Balaban J connectivity index is 2.27. The quantitative estimate of drug-likeness (QED) is 0.723. The molecule has 7 nitrogen and oxygen atoms in total. The van der Waals surface area contributed by atoms with Gasteiger partial charge in [0.05, 0.1) is 11.1 Å². The van der Waals surface area contributed by atoms with Gasteiger partial charge in [-0.3, -0.25) is 14.6 Å². The van der Waals surface area contributed by atoms with E-state index >= 15 is 0 Å². The summed E-state index contributed by atoms with van der Waals surface area (Å²) in [5.74, 6) is -1.49. The predicted molar refractivity (Wildman–Crippen MR) is 73.5 cm³/mol. The third-order valence-corrected chi connectivity index (χ3v) is 2.68. The molecule has 0 atom stereocenters. The standard InChI is InChI=1S/C14H10N4O3/c15-6-8-2-1-3-11(19)12(8)18-14(21)9-4-5-10(13(16)20)17-7-9/h1-5,7,19H,(H2,16,20)(H,18,21). The number of phenols is 1. The number of pyridine rings is 1. The minimum Gasteiger partial charge on any atom is -0.506 e. The third-order valence-electron chi connectivity index (χ3n) is 2.68. The second kappa shape index (κ2) is 5.71. The highest BCUT2D eigenvalue weighted by atomic mass is 16.3. The van der Waals surface area contributed by atoms with Crippen LogP contribution >= 0.6 is 0 Å². The number of carbonyl (C=O) groups excluding carboxylic acids is 2. The molecule has 0 bridgehead atoms. The van der Waals surface area contributed by atoms with Crippen molar-refractivity contribution in [1.82, 2.24) is 4.98 Å². The molecule has 0 fully saturated rings. The number of anilines is 1. The van der Waals surface area contributed by atoms with Gasteiger partial charge in [0, 0.05) is 6.20 Å². The van der Waals surface area contributed by atoms with Crippen molar-refractivity contribution in [1.29, 1.82) is 5.26 Å². The van der Waals surface area contributed by atoms with Crippen LogP contribution in [0.3, 0.4) is 0 Å². The molecule has 0 unspecified atom stereocenters. The Hall–Kier alpha value is -3.40. The molecule has 0 saturated heterocycles. The minimum absolute atomic E-state index is 0.0176. The summed E-state index contributed by atoms with van der Waals surface area (Å²) >= 11 is 0. The molecule has 0 saturated carbocycles. The summed E-state index contributed by atoms with van der Waals surface area (Å²) in [4.78, 5) is 26.7. The summed E-state index contributed by atoms with van der Waals surface area (Å²) in [6, 6.07) is 8.86. The number of carbonyl (C=O) groups is 2. The van der Waals surface area contributed by atoms with E-state index < -0.39 is 11.8 Å². The zero-order valence-electron chi connectivity index (χ0n) is 10.7. The highest BCUT2D eigenvalue weighted by Gasteiger charge is 2.13. The van der Waals surface area contributed by atoms with Crippen molar-refractivity contribution in [2.75, 3.05) is 5.32 Å². The average Bonchev–Trinajstić information content (AvgIpc) is 2.49. The van der Waals surface area contributed by atoms with Crippen LogP contribution in [-0.4, -0.2) is 21.9 Å². The average molecular weight is 282 g/mol. The number of nitrogens with zero attached hydrogens (tertiary/aromatic N) is 2. The van der Waals surface area contributed by atoms with Crippen molar-refractivity contribution in [3.63, 3.8) is 0 Å². The molecule has 4 N–H and O–H groups in total. The topological polar surface area (TPSA) is 129 Å². The molecule has 2 rings (SSSR count). The van der Waals surface area contributed by atoms with Crippen LogP contribution in [-0.2, 0) is 0 Å². The lowest BCUT2D eigenvalue weighted by molar-refractivity contribution is 0.0990. The Morgan fingerprint density at radius 1 is 1.29 bits per heavy atom. The lowest BCUT2D eigenvalue weighted by Gasteiger charge is -2.08. The van der Waals surface area contributed by atoms with E-state index in [1.807, 2.05) is 6.07 Å². The number of amides is 2. The molecule has 0 spiro atoms. The van der Waals surface area contributed by atoms with Crippen LogP contribution in [0.4, 0.5) is 5.69 Å². The van der Waals surface area contributed by atoms with Crippen molar-refractivity contribution < 1.29 is 14.7 Å². The molecule has 21 heavy (non-hydrogen) atoms. The van der Waals surface area contributed by atoms with Crippen LogP contribution in [0.1, 0.15) is 26.4 Å². The second-order valence-electron chi connectivity index (χ2n) is 4.06. The third kappa shape index (κ3) is 2.96. The van der Waals surface area contributed by atoms with Gasteiger partial charge < -0.3 is 16.2 Å². The van der Waals surface area contributed by atoms with Crippen molar-refractivity contribution in [2.45, 2.75) is 0 Å². The van der Waals surface area contributed by atoms with Crippen LogP contribution in [0.2, 0.25) is 0 Å². The maximum absolute atomic E-state index is 12.0. The summed E-state index contributed by atoms with van der Waals surface area (Å²) in [6.07, 6.45) is 1.18. The largest absolute Gasteiger partial charge is 0.506 e. The van der Waals surface area contributed by atoms with Crippen LogP contribution in [0.15, 0.2) is 36.5 Å². The molecular formula is C14H10N4O3. The monoisotopic (exact) mass is 282 g/mol. The smallest absolute Gasteiger partial charge is 0.267 e. The van der Waals surface area contributed by atoms with Crippen molar-refractivity contribution in [3.05, 3.63) is 53.3 Å². The van der Waals surface area contributed by atoms with Gasteiger partial charge in [-0.2, -0.15) is 5.26 Å². The lowest BCUT2D eigenvalue weighted by atomic mass is 10.1. The molecule has 0 radical (unpaired) electrons. The van der Waals surface area contributed by atoms with Gasteiger partial charge in [-0.25, -0.2) is 0 Å². The number of nitriles is 1. The number of hydrogen-bond donors (Lipinski definition) is 3. The number of aromatic hydroxyl groups is 1. The highest BCUT2D eigenvalue weighted by molar-refractivity contribution is 6.05. The Kier molecular flexibility index (Phi) is 3.81. The van der Waals surface area contributed by atoms with Gasteiger partial charge in [0.25, 0.3) is 11.8 Å². The SMILES string of the molecule is N#Cc1cccc(O)c1NC(=O)c1ccc(C(N)=O)nc1. The van der Waals surface area contributed by atoms with E-state index in [0.717, 1.165) is 0 Å². The van der Waals surface area contributed by atoms with Crippen molar-refractivity contribution in [3.8, 4) is 11.8 Å². The normalized spacial score (nSPS) is 9.67. The van der Waals surface area contributed by atoms with Crippen molar-refractivity contribution >= 4 is 17.5 Å². The lowest BCUT2D eigenvalue weighted by Crippen LogP contribution is -2.16. The number of hydrogen-bond acceptors (Lipinski definition) is 5. The van der Waals surface area contributed by atoms with Crippen LogP contribution in [0.5, 0.6) is 5.75 Å². The highest BCUT2D eigenvalue weighted by Crippen LogP contribution is 2.27. The molecule has 1 heterocycles. The Morgan fingerprint density at radius 2 is 2.05 bits per heavy atom. The molecular weight excluding hydrogens is 272 g/mol. The first kappa shape index (κ1) is 14.0. The van der Waals surface area contributed by atoms with Crippen molar-refractivity contribution in [2.24, 2.45) is 5.73 Å². The summed E-state index contributed by atoms with van der Waals surface area (Å²) in [7, 11) is 0. The molecule has 1 aromatic heterocycles. The van der Waals surface area contributed by atoms with E-state index in [1.54, 1.807) is 0 Å². The molecule has 7 heteroatoms. The van der Waals surface area contributed by atoms with E-state index in [2.05, 4.69) is 10.3 Å². The fourth-order valence-electron chi connectivity index (χ4n) is 1.62. The van der Waals surface area contributed by atoms with E-state index in [-0.39, 0.29) is 28.3 Å². The van der Waals surface area contributed by atoms with Crippen LogP contribution in [0, 0.1) is 11.3 Å². The van der Waals surface area contributed by atoms with Gasteiger partial charge in [0.1, 0.15) is 23.2 Å². The fourth-order valence-corrected chi connectivity index (χ4v) is 1.62. The Bertz CT molecular complexity index is 748. The van der Waals surface area contributed by atoms with Gasteiger partial charge in [-0.15, -0.1) is 0 Å². The number of primary amides is 1. The number of benzene rings is 1. The maximum atomic E-state index is 12.0. The molecule has 2 amide bonds. The molecule has 0 aliphatic rings. The minimum atomic E-state index is -0.700. The maximum Gasteiger partial charge on any atom is 0.267 e. The molecule has 104 valence electrons. The number of nitrogens with one attached hydrogen (secondary N) is 1. The van der Waals surface area contributed by atoms with E-state index in [0.29, 0.717) is 0 Å². The van der Waals surface area contributed by atoms with Gasteiger partial charge in [-0.05, 0) is 24.3 Å². The number of rotatable bonds is 3. The summed E-state index contributed by atoms with van der Waals surface area (Å²) in [5.41, 5.74) is 5.39. The summed E-state index contributed by atoms with van der Waals surface area (Å²) in [6.45, 7) is 0. The van der Waals surface area contributed by atoms with E-state index in [4.69, 9.17) is 11.0 Å². The number of para-hydroxylation sites is 1. The second-order valence-corrected chi connectivity index (χ2v) is 4.06. The first-order chi connectivity index (χ1) is 10.0. The van der Waals surface area contributed by atoms with Gasteiger partial charge in [0.15, 0.2) is 0 Å². The Labute approximate surface area is 119 Å². The van der Waals surface area contributed by atoms with Gasteiger partial charge in [0.2, 0.25) is 0 Å². The molecule has 1 aromatic carbocycles. The van der Waals surface area contributed by atoms with Gasteiger partial charge >= 0.3 is 0 Å². The number of phenolic OH excluding ortho intramolecular Hbond substituents is 1. The molecule has 2 aromatic rings. The number of nitrogens with two attached hydrogens (primary N) is 1. The van der Waals surface area contributed by atoms with E-state index in [9.17, 15) is 14.7 Å². The molecule has 0 aliphatic heterocycles. The first-order valence-corrected chi connectivity index (χ1v) is 5.82. The van der Waals surface area contributed by atoms with Gasteiger partial charge in [-0.1, -0.05) is 6.07 Å². The zero-order chi connectivity index (χ0) is 15.4. The van der Waals surface area contributed by atoms with Crippen LogP contribution in [0.25, 0.3) is 0 Å². The predicted octanol–water partition coefficient (Wildman–Crippen LogP) is 1.01. The fraction of sp³-hybridized carbons (Fsp3) is 0. The summed E-state index contributed by atoms with van der Waals surface area (Å²) < 4.78 is 0. The van der Waals surface area contributed by atoms with Crippen LogP contribution < -0.4 is 11.1 Å². The van der Waals surface area contributed by atoms with E-state index in [1.165, 1.54) is 36.5 Å².